The van der Waals surface area contributed by atoms with Gasteiger partial charge in [0.1, 0.15) is 5.56 Å². The second kappa shape index (κ2) is 8.28. The van der Waals surface area contributed by atoms with E-state index in [1.54, 1.807) is 24.7 Å². The van der Waals surface area contributed by atoms with Crippen molar-refractivity contribution in [2.75, 3.05) is 23.3 Å². The molecule has 1 amide bonds. The Morgan fingerprint density at radius 3 is 2.45 bits per heavy atom. The van der Waals surface area contributed by atoms with Crippen LogP contribution in [0.2, 0.25) is 0 Å². The number of carbonyl (C=O) groups excluding carboxylic acids is 1. The third-order valence-electron chi connectivity index (χ3n) is 5.12. The van der Waals surface area contributed by atoms with Gasteiger partial charge in [-0.3, -0.25) is 14.6 Å². The summed E-state index contributed by atoms with van der Waals surface area (Å²) in [7, 11) is 0. The van der Waals surface area contributed by atoms with Gasteiger partial charge in [-0.2, -0.15) is 0 Å². The molecule has 1 aliphatic heterocycles. The molecule has 0 unspecified atom stereocenters. The van der Waals surface area contributed by atoms with Gasteiger partial charge in [-0.05, 0) is 66.4 Å². The normalized spacial score (nSPS) is 14.6. The molecule has 29 heavy (non-hydrogen) atoms. The zero-order valence-electron chi connectivity index (χ0n) is 15.8. The second-order valence-corrected chi connectivity index (χ2v) is 7.09. The molecule has 0 atom stereocenters. The van der Waals surface area contributed by atoms with Crippen molar-refractivity contribution >= 4 is 17.3 Å². The number of aliphatic hydroxyl groups excluding tert-OH is 1. The lowest BCUT2D eigenvalue weighted by molar-refractivity contribution is 0.102. The Morgan fingerprint density at radius 1 is 1.07 bits per heavy atom. The monoisotopic (exact) mass is 390 g/mol. The fourth-order valence-electron chi connectivity index (χ4n) is 3.44. The van der Waals surface area contributed by atoms with Crippen LogP contribution in [-0.4, -0.2) is 40.2 Å². The Kier molecular flexibility index (Phi) is 5.39. The number of benzene rings is 1. The average molecular weight is 390 g/mol. The highest BCUT2D eigenvalue weighted by molar-refractivity contribution is 6.04. The summed E-state index contributed by atoms with van der Waals surface area (Å²) in [5.41, 5.74) is 2.87. The van der Waals surface area contributed by atoms with E-state index in [4.69, 9.17) is 0 Å². The third-order valence-corrected chi connectivity index (χ3v) is 5.12. The first-order valence-corrected chi connectivity index (χ1v) is 9.58. The summed E-state index contributed by atoms with van der Waals surface area (Å²) in [6.45, 7) is 1.62. The van der Waals surface area contributed by atoms with Crippen LogP contribution < -0.4 is 15.8 Å². The van der Waals surface area contributed by atoms with Crippen LogP contribution in [0.5, 0.6) is 0 Å². The highest BCUT2D eigenvalue weighted by atomic mass is 16.3. The summed E-state index contributed by atoms with van der Waals surface area (Å²) in [4.78, 5) is 33.6. The lowest BCUT2D eigenvalue weighted by Gasteiger charge is -2.31. The predicted molar refractivity (Wildman–Crippen MR) is 112 cm³/mol. The quantitative estimate of drug-likeness (QED) is 0.636. The average Bonchev–Trinajstić information content (AvgIpc) is 2.76. The van der Waals surface area contributed by atoms with Crippen LogP contribution in [0.25, 0.3) is 11.1 Å². The van der Waals surface area contributed by atoms with E-state index >= 15 is 0 Å². The van der Waals surface area contributed by atoms with Crippen LogP contribution >= 0.6 is 0 Å². The fraction of sp³-hybridized carbons (Fsp3) is 0.227. The molecule has 3 heterocycles. The molecule has 7 nitrogen and oxygen atoms in total. The summed E-state index contributed by atoms with van der Waals surface area (Å²) in [5, 5.41) is 12.4. The first kappa shape index (κ1) is 18.9. The molecular formula is C22H22N4O3. The van der Waals surface area contributed by atoms with E-state index in [2.05, 4.69) is 20.2 Å². The van der Waals surface area contributed by atoms with E-state index in [1.807, 2.05) is 36.4 Å². The van der Waals surface area contributed by atoms with Crippen molar-refractivity contribution in [3.05, 3.63) is 77.0 Å². The van der Waals surface area contributed by atoms with Crippen LogP contribution in [0.1, 0.15) is 23.2 Å². The number of anilines is 2. The van der Waals surface area contributed by atoms with Gasteiger partial charge >= 0.3 is 0 Å². The molecular weight excluding hydrogens is 368 g/mol. The van der Waals surface area contributed by atoms with Gasteiger partial charge in [0.15, 0.2) is 0 Å². The highest BCUT2D eigenvalue weighted by Gasteiger charge is 2.17. The van der Waals surface area contributed by atoms with Crippen LogP contribution in [0.15, 0.2) is 65.8 Å². The van der Waals surface area contributed by atoms with E-state index in [1.165, 1.54) is 0 Å². The van der Waals surface area contributed by atoms with Gasteiger partial charge in [0, 0.05) is 43.1 Å². The molecule has 0 saturated carbocycles. The first-order valence-electron chi connectivity index (χ1n) is 9.58. The molecule has 7 heteroatoms. The molecule has 0 bridgehead atoms. The molecule has 0 aliphatic carbocycles. The smallest absolute Gasteiger partial charge is 0.261 e. The fourth-order valence-corrected chi connectivity index (χ4v) is 3.44. The number of aromatic amines is 1. The highest BCUT2D eigenvalue weighted by Crippen LogP contribution is 2.22. The van der Waals surface area contributed by atoms with Crippen molar-refractivity contribution in [3.63, 3.8) is 0 Å². The Morgan fingerprint density at radius 2 is 1.76 bits per heavy atom. The van der Waals surface area contributed by atoms with Gasteiger partial charge in [-0.1, -0.05) is 0 Å². The van der Waals surface area contributed by atoms with Crippen LogP contribution in [0, 0.1) is 0 Å². The van der Waals surface area contributed by atoms with Crippen molar-refractivity contribution in [1.82, 2.24) is 9.97 Å². The lowest BCUT2D eigenvalue weighted by Crippen LogP contribution is -2.35. The maximum absolute atomic E-state index is 12.7. The number of hydrogen-bond acceptors (Lipinski definition) is 5. The van der Waals surface area contributed by atoms with Crippen molar-refractivity contribution in [2.45, 2.75) is 18.9 Å². The predicted octanol–water partition coefficient (Wildman–Crippen LogP) is 2.65. The van der Waals surface area contributed by atoms with E-state index in [-0.39, 0.29) is 11.7 Å². The Bertz CT molecular complexity index is 1040. The largest absolute Gasteiger partial charge is 0.393 e. The number of piperidine rings is 1. The zero-order chi connectivity index (χ0) is 20.2. The summed E-state index contributed by atoms with van der Waals surface area (Å²) in [6.07, 6.45) is 6.20. The van der Waals surface area contributed by atoms with E-state index in [0.29, 0.717) is 5.69 Å². The molecule has 3 N–H and O–H groups in total. The maximum atomic E-state index is 12.7. The number of nitrogens with zero attached hydrogens (tertiary/aromatic N) is 2. The van der Waals surface area contributed by atoms with Gasteiger partial charge in [0.25, 0.3) is 11.5 Å². The number of hydrogen-bond donors (Lipinski definition) is 3. The van der Waals surface area contributed by atoms with Gasteiger partial charge in [0.2, 0.25) is 0 Å². The van der Waals surface area contributed by atoms with Gasteiger partial charge < -0.3 is 20.3 Å². The lowest BCUT2D eigenvalue weighted by atomic mass is 10.1. The topological polar surface area (TPSA) is 98.3 Å². The summed E-state index contributed by atoms with van der Waals surface area (Å²) < 4.78 is 0. The van der Waals surface area contributed by atoms with E-state index in [0.717, 1.165) is 42.7 Å². The molecule has 148 valence electrons. The Hall–Kier alpha value is -3.45. The van der Waals surface area contributed by atoms with Crippen molar-refractivity contribution in [3.8, 4) is 11.1 Å². The summed E-state index contributed by atoms with van der Waals surface area (Å²) in [6, 6.07) is 12.7. The zero-order valence-corrected chi connectivity index (χ0v) is 15.8. The minimum Gasteiger partial charge on any atom is -0.393 e. The number of pyridine rings is 2. The van der Waals surface area contributed by atoms with Crippen molar-refractivity contribution in [1.29, 1.82) is 0 Å². The number of rotatable bonds is 4. The Labute approximate surface area is 168 Å². The molecule has 0 radical (unpaired) electrons. The molecule has 4 rings (SSSR count). The number of nitrogens with one attached hydrogen (secondary N) is 2. The van der Waals surface area contributed by atoms with E-state index < -0.39 is 11.5 Å². The summed E-state index contributed by atoms with van der Waals surface area (Å²) >= 11 is 0. The molecule has 1 aromatic carbocycles. The molecule has 1 saturated heterocycles. The number of H-pyrrole nitrogens is 1. The van der Waals surface area contributed by atoms with Gasteiger partial charge in [-0.15, -0.1) is 0 Å². The SMILES string of the molecule is O=C(Nc1ccc(N2CCC(O)CC2)cc1)c1cc(-c2ccncc2)c[nH]c1=O. The molecule has 1 aliphatic rings. The summed E-state index contributed by atoms with van der Waals surface area (Å²) in [5.74, 6) is -0.462. The molecule has 1 fully saturated rings. The molecule has 0 spiro atoms. The van der Waals surface area contributed by atoms with Crippen molar-refractivity contribution < 1.29 is 9.90 Å². The second-order valence-electron chi connectivity index (χ2n) is 7.09. The minimum atomic E-state index is -0.462. The van der Waals surface area contributed by atoms with Gasteiger partial charge in [0.05, 0.1) is 6.10 Å². The number of amides is 1. The minimum absolute atomic E-state index is 0.0495. The van der Waals surface area contributed by atoms with Crippen LogP contribution in [0.3, 0.4) is 0 Å². The number of aromatic nitrogens is 2. The van der Waals surface area contributed by atoms with Crippen molar-refractivity contribution in [2.24, 2.45) is 0 Å². The first-order chi connectivity index (χ1) is 14.1. The van der Waals surface area contributed by atoms with Crippen LogP contribution in [0.4, 0.5) is 11.4 Å². The van der Waals surface area contributed by atoms with Crippen LogP contribution in [-0.2, 0) is 0 Å². The maximum Gasteiger partial charge on any atom is 0.261 e. The van der Waals surface area contributed by atoms with E-state index in [9.17, 15) is 14.7 Å². The number of aliphatic hydroxyl groups is 1. The van der Waals surface area contributed by atoms with Gasteiger partial charge in [-0.25, -0.2) is 0 Å². The molecule has 2 aromatic heterocycles. The molecule has 3 aromatic rings. The third kappa shape index (κ3) is 4.35. The number of carbonyl (C=O) groups is 1. The Balaban J connectivity index is 1.49. The standard InChI is InChI=1S/C22H22N4O3/c27-19-7-11-26(12-8-19)18-3-1-17(2-4-18)25-22(29)20-13-16(14-24-21(20)28)15-5-9-23-10-6-15/h1-6,9-10,13-14,19,27H,7-8,11-12H2,(H,24,28)(H,25,29).